The molecule has 26 heavy (non-hydrogen) atoms. The van der Waals surface area contributed by atoms with Crippen LogP contribution >= 0.6 is 0 Å². The summed E-state index contributed by atoms with van der Waals surface area (Å²) in [4.78, 5) is 14.8. The van der Waals surface area contributed by atoms with Gasteiger partial charge in [-0.05, 0) is 44.4 Å². The van der Waals surface area contributed by atoms with Crippen molar-refractivity contribution in [2.45, 2.75) is 89.5 Å². The van der Waals surface area contributed by atoms with Crippen molar-refractivity contribution in [1.29, 1.82) is 0 Å². The number of carbonyl (C=O) groups is 1. The van der Waals surface area contributed by atoms with Crippen molar-refractivity contribution in [3.05, 3.63) is 11.9 Å². The third-order valence-electron chi connectivity index (χ3n) is 6.87. The van der Waals surface area contributed by atoms with E-state index < -0.39 is 0 Å². The second kappa shape index (κ2) is 8.10. The number of hydrogen-bond donors (Lipinski definition) is 0. The monoisotopic (exact) mass is 358 g/mol. The number of unbranched alkanes of at least 4 members (excludes halogenated alkanes) is 1. The first-order chi connectivity index (χ1) is 12.8. The summed E-state index contributed by atoms with van der Waals surface area (Å²) in [6, 6.07) is 0.416. The van der Waals surface area contributed by atoms with Crippen LogP contribution in [0.15, 0.2) is 6.20 Å². The summed E-state index contributed by atoms with van der Waals surface area (Å²) in [5, 5.41) is 8.92. The van der Waals surface area contributed by atoms with Crippen molar-refractivity contribution in [3.8, 4) is 0 Å². The van der Waals surface area contributed by atoms with Crippen molar-refractivity contribution in [2.75, 3.05) is 13.1 Å². The lowest BCUT2D eigenvalue weighted by Crippen LogP contribution is -2.40. The Morgan fingerprint density at radius 1 is 1.15 bits per heavy atom. The Kier molecular flexibility index (Phi) is 5.60. The van der Waals surface area contributed by atoms with E-state index in [4.69, 9.17) is 0 Å². The van der Waals surface area contributed by atoms with Gasteiger partial charge in [0.15, 0.2) is 0 Å². The molecule has 5 nitrogen and oxygen atoms in total. The molecule has 3 aliphatic rings. The van der Waals surface area contributed by atoms with E-state index in [0.29, 0.717) is 29.7 Å². The molecule has 0 radical (unpaired) electrons. The predicted octanol–water partition coefficient (Wildman–Crippen LogP) is 4.32. The molecule has 0 bridgehead atoms. The molecule has 3 fully saturated rings. The molecular weight excluding hydrogens is 324 g/mol. The largest absolute Gasteiger partial charge is 0.342 e. The molecule has 5 heteroatoms. The van der Waals surface area contributed by atoms with Crippen molar-refractivity contribution >= 4 is 5.91 Å². The molecule has 1 aromatic heterocycles. The van der Waals surface area contributed by atoms with Gasteiger partial charge in [0.25, 0.3) is 0 Å². The van der Waals surface area contributed by atoms with Gasteiger partial charge < -0.3 is 4.90 Å². The maximum absolute atomic E-state index is 12.7. The van der Waals surface area contributed by atoms with Gasteiger partial charge in [0.1, 0.15) is 0 Å². The van der Waals surface area contributed by atoms with Gasteiger partial charge in [-0.1, -0.05) is 44.2 Å². The molecule has 144 valence electrons. The third-order valence-corrected chi connectivity index (χ3v) is 6.87. The number of aromatic nitrogens is 3. The zero-order chi connectivity index (χ0) is 17.9. The zero-order valence-corrected chi connectivity index (χ0v) is 16.3. The number of carbonyl (C=O) groups excluding carboxylic acids is 1. The predicted molar refractivity (Wildman–Crippen MR) is 102 cm³/mol. The Labute approximate surface area is 157 Å². The number of amides is 1. The van der Waals surface area contributed by atoms with Crippen LogP contribution in [0.5, 0.6) is 0 Å². The highest BCUT2D eigenvalue weighted by molar-refractivity contribution is 5.81. The van der Waals surface area contributed by atoms with Crippen LogP contribution in [0.4, 0.5) is 0 Å². The molecule has 1 aromatic rings. The number of hydrogen-bond acceptors (Lipinski definition) is 3. The van der Waals surface area contributed by atoms with Crippen LogP contribution in [-0.4, -0.2) is 38.9 Å². The fourth-order valence-electron chi connectivity index (χ4n) is 4.97. The van der Waals surface area contributed by atoms with Gasteiger partial charge in [0.2, 0.25) is 5.91 Å². The van der Waals surface area contributed by atoms with Crippen LogP contribution in [0.2, 0.25) is 0 Å². The average Bonchev–Trinajstić information content (AvgIpc) is 3.30. The van der Waals surface area contributed by atoms with E-state index in [-0.39, 0.29) is 0 Å². The Bertz CT molecular complexity index is 599. The molecule has 0 unspecified atom stereocenters. The molecule has 2 aliphatic carbocycles. The van der Waals surface area contributed by atoms with Crippen LogP contribution in [0.3, 0.4) is 0 Å². The number of rotatable bonds is 6. The van der Waals surface area contributed by atoms with E-state index in [1.165, 1.54) is 57.1 Å². The molecule has 4 rings (SSSR count). The fraction of sp³-hybridized carbons (Fsp3) is 0.857. The van der Waals surface area contributed by atoms with Gasteiger partial charge >= 0.3 is 0 Å². The van der Waals surface area contributed by atoms with E-state index in [1.54, 1.807) is 0 Å². The number of likely N-dealkylation sites (tertiary alicyclic amines) is 1. The molecule has 2 atom stereocenters. The molecule has 0 spiro atoms. The topological polar surface area (TPSA) is 51.0 Å². The van der Waals surface area contributed by atoms with Gasteiger partial charge in [-0.2, -0.15) is 0 Å². The molecule has 1 saturated heterocycles. The van der Waals surface area contributed by atoms with E-state index in [2.05, 4.69) is 33.0 Å². The summed E-state index contributed by atoms with van der Waals surface area (Å²) in [6.45, 7) is 4.01. The molecule has 1 aliphatic heterocycles. The summed E-state index contributed by atoms with van der Waals surface area (Å²) in [6.07, 6.45) is 15.7. The van der Waals surface area contributed by atoms with Gasteiger partial charge in [0.05, 0.1) is 11.7 Å². The van der Waals surface area contributed by atoms with Gasteiger partial charge in [-0.3, -0.25) is 4.79 Å². The van der Waals surface area contributed by atoms with Gasteiger partial charge in [0, 0.05) is 31.1 Å². The second-order valence-electron chi connectivity index (χ2n) is 8.76. The Hall–Kier alpha value is -1.39. The summed E-state index contributed by atoms with van der Waals surface area (Å²) in [7, 11) is 0. The van der Waals surface area contributed by atoms with Crippen LogP contribution in [0.1, 0.15) is 95.2 Å². The van der Waals surface area contributed by atoms with Crippen LogP contribution in [-0.2, 0) is 4.79 Å². The summed E-state index contributed by atoms with van der Waals surface area (Å²) in [5.74, 6) is 2.05. The minimum absolute atomic E-state index is 0.336. The first kappa shape index (κ1) is 18.0. The lowest BCUT2D eigenvalue weighted by atomic mass is 9.87. The maximum atomic E-state index is 12.7. The third kappa shape index (κ3) is 3.96. The standard InChI is InChI=1S/C21H34N4O/c1-2-3-7-17-14-19(17)21(26)24-12-10-18(11-13-24)25-15-20(22-23-25)16-8-5-4-6-9-16/h15-19H,2-14H2,1H3/t17-,19+/m1/s1. The number of piperidine rings is 1. The second-order valence-corrected chi connectivity index (χ2v) is 8.76. The summed E-state index contributed by atoms with van der Waals surface area (Å²) in [5.41, 5.74) is 1.19. The van der Waals surface area contributed by atoms with E-state index >= 15 is 0 Å². The SMILES string of the molecule is CCCC[C@@H]1C[C@@H]1C(=O)N1CCC(n2cc(C3CCCCC3)nn2)CC1. The Morgan fingerprint density at radius 3 is 2.65 bits per heavy atom. The van der Waals surface area contributed by atoms with Gasteiger partial charge in [-0.15, -0.1) is 5.10 Å². The fourth-order valence-corrected chi connectivity index (χ4v) is 4.97. The summed E-state index contributed by atoms with van der Waals surface area (Å²) >= 11 is 0. The smallest absolute Gasteiger partial charge is 0.225 e. The highest BCUT2D eigenvalue weighted by atomic mass is 16.2. The van der Waals surface area contributed by atoms with Crippen molar-refractivity contribution in [2.24, 2.45) is 11.8 Å². The van der Waals surface area contributed by atoms with E-state index in [0.717, 1.165) is 32.4 Å². The quantitative estimate of drug-likeness (QED) is 0.761. The van der Waals surface area contributed by atoms with Crippen LogP contribution in [0, 0.1) is 11.8 Å². The summed E-state index contributed by atoms with van der Waals surface area (Å²) < 4.78 is 2.09. The zero-order valence-electron chi connectivity index (χ0n) is 16.3. The molecular formula is C21H34N4O. The molecule has 0 N–H and O–H groups in total. The van der Waals surface area contributed by atoms with Crippen LogP contribution in [0.25, 0.3) is 0 Å². The molecule has 1 amide bonds. The van der Waals surface area contributed by atoms with Crippen LogP contribution < -0.4 is 0 Å². The van der Waals surface area contributed by atoms with Crippen molar-refractivity contribution in [3.63, 3.8) is 0 Å². The van der Waals surface area contributed by atoms with Crippen molar-refractivity contribution < 1.29 is 4.79 Å². The average molecular weight is 359 g/mol. The highest BCUT2D eigenvalue weighted by Crippen LogP contribution is 2.44. The van der Waals surface area contributed by atoms with Crippen molar-refractivity contribution in [1.82, 2.24) is 19.9 Å². The normalized spacial score (nSPS) is 27.7. The first-order valence-electron chi connectivity index (χ1n) is 11.0. The number of nitrogens with zero attached hydrogens (tertiary/aromatic N) is 4. The minimum Gasteiger partial charge on any atom is -0.342 e. The minimum atomic E-state index is 0.336. The first-order valence-corrected chi connectivity index (χ1v) is 11.0. The Balaban J connectivity index is 1.26. The lowest BCUT2D eigenvalue weighted by molar-refractivity contribution is -0.134. The van der Waals surface area contributed by atoms with E-state index in [1.807, 2.05) is 0 Å². The lowest BCUT2D eigenvalue weighted by Gasteiger charge is -2.32. The van der Waals surface area contributed by atoms with Gasteiger partial charge in [-0.25, -0.2) is 4.68 Å². The van der Waals surface area contributed by atoms with E-state index in [9.17, 15) is 4.79 Å². The molecule has 0 aromatic carbocycles. The highest BCUT2D eigenvalue weighted by Gasteiger charge is 2.44. The maximum Gasteiger partial charge on any atom is 0.225 e. The Morgan fingerprint density at radius 2 is 1.92 bits per heavy atom. The molecule has 2 heterocycles. The molecule has 2 saturated carbocycles.